The molecule has 3 rings (SSSR count). The third-order valence-corrected chi connectivity index (χ3v) is 5.31. The predicted octanol–water partition coefficient (Wildman–Crippen LogP) is 6.27. The van der Waals surface area contributed by atoms with Crippen molar-refractivity contribution in [3.05, 3.63) is 90.3 Å². The van der Waals surface area contributed by atoms with Gasteiger partial charge in [0.05, 0.1) is 0 Å². The van der Waals surface area contributed by atoms with Gasteiger partial charge in [-0.05, 0) is 86.1 Å². The first kappa shape index (κ1) is 23.8. The van der Waals surface area contributed by atoms with Crippen LogP contribution >= 0.6 is 0 Å². The van der Waals surface area contributed by atoms with Gasteiger partial charge in [0.25, 0.3) is 0 Å². The molecular formula is C28H28O5. The SMILES string of the molecule is C=C(C)C(=C)Oc1cc(-c2ccc(OC(=O)C(=C)C)c3c2CCC3)ccc1OC(=O)C(=C)C. The Balaban J connectivity index is 2.04. The van der Waals surface area contributed by atoms with Gasteiger partial charge in [-0.25, -0.2) is 9.59 Å². The molecular weight excluding hydrogens is 416 g/mol. The number of carbonyl (C=O) groups excluding carboxylic acids is 2. The Kier molecular flexibility index (Phi) is 7.02. The van der Waals surface area contributed by atoms with E-state index in [0.29, 0.717) is 28.4 Å². The Morgan fingerprint density at radius 1 is 0.697 bits per heavy atom. The lowest BCUT2D eigenvalue weighted by Gasteiger charge is -2.17. The molecule has 0 aliphatic heterocycles. The second-order valence-electron chi connectivity index (χ2n) is 8.23. The van der Waals surface area contributed by atoms with Gasteiger partial charge in [-0.15, -0.1) is 0 Å². The Hall–Kier alpha value is -3.86. The van der Waals surface area contributed by atoms with Crippen molar-refractivity contribution < 1.29 is 23.8 Å². The summed E-state index contributed by atoms with van der Waals surface area (Å²) in [4.78, 5) is 24.1. The number of carbonyl (C=O) groups is 2. The highest BCUT2D eigenvalue weighted by Crippen LogP contribution is 2.41. The zero-order chi connectivity index (χ0) is 24.3. The first-order valence-corrected chi connectivity index (χ1v) is 10.7. The van der Waals surface area contributed by atoms with Gasteiger partial charge in [-0.3, -0.25) is 0 Å². The van der Waals surface area contributed by atoms with Gasteiger partial charge in [-0.2, -0.15) is 0 Å². The van der Waals surface area contributed by atoms with Crippen molar-refractivity contribution in [2.45, 2.75) is 40.0 Å². The monoisotopic (exact) mass is 444 g/mol. The molecule has 0 bridgehead atoms. The first-order chi connectivity index (χ1) is 15.6. The largest absolute Gasteiger partial charge is 0.454 e. The van der Waals surface area contributed by atoms with Gasteiger partial charge < -0.3 is 14.2 Å². The van der Waals surface area contributed by atoms with Crippen LogP contribution in [0.3, 0.4) is 0 Å². The highest BCUT2D eigenvalue weighted by molar-refractivity contribution is 5.90. The van der Waals surface area contributed by atoms with Crippen LogP contribution in [0, 0.1) is 0 Å². The number of esters is 2. The molecule has 0 amide bonds. The number of benzene rings is 2. The van der Waals surface area contributed by atoms with E-state index in [1.54, 1.807) is 26.8 Å². The van der Waals surface area contributed by atoms with Crippen molar-refractivity contribution in [3.63, 3.8) is 0 Å². The van der Waals surface area contributed by atoms with Crippen molar-refractivity contribution in [2.24, 2.45) is 0 Å². The van der Waals surface area contributed by atoms with E-state index in [0.717, 1.165) is 41.5 Å². The van der Waals surface area contributed by atoms with Gasteiger partial charge >= 0.3 is 11.9 Å². The molecule has 5 nitrogen and oxygen atoms in total. The van der Waals surface area contributed by atoms with Gasteiger partial charge in [-0.1, -0.05) is 38.4 Å². The molecule has 2 aromatic rings. The molecule has 33 heavy (non-hydrogen) atoms. The fraction of sp³-hybridized carbons (Fsp3) is 0.214. The van der Waals surface area contributed by atoms with E-state index in [-0.39, 0.29) is 11.3 Å². The fourth-order valence-electron chi connectivity index (χ4n) is 3.47. The van der Waals surface area contributed by atoms with Gasteiger partial charge in [0.1, 0.15) is 11.5 Å². The van der Waals surface area contributed by atoms with Crippen LogP contribution in [0.1, 0.15) is 38.3 Å². The summed E-state index contributed by atoms with van der Waals surface area (Å²) in [6.45, 7) is 20.0. The lowest BCUT2D eigenvalue weighted by Crippen LogP contribution is -2.10. The van der Waals surface area contributed by atoms with Crippen LogP contribution in [0.5, 0.6) is 17.2 Å². The van der Waals surface area contributed by atoms with Crippen molar-refractivity contribution >= 4 is 11.9 Å². The van der Waals surface area contributed by atoms with Crippen LogP contribution in [0.4, 0.5) is 0 Å². The first-order valence-electron chi connectivity index (χ1n) is 10.7. The van der Waals surface area contributed by atoms with Crippen molar-refractivity contribution in [2.75, 3.05) is 0 Å². The molecule has 170 valence electrons. The molecule has 1 aliphatic rings. The minimum Gasteiger partial charge on any atom is -0.454 e. The van der Waals surface area contributed by atoms with E-state index < -0.39 is 11.9 Å². The van der Waals surface area contributed by atoms with Crippen LogP contribution in [0.15, 0.2) is 79.1 Å². The van der Waals surface area contributed by atoms with Gasteiger partial charge in [0, 0.05) is 11.1 Å². The maximum atomic E-state index is 12.1. The summed E-state index contributed by atoms with van der Waals surface area (Å²) in [5.74, 6) is 0.565. The smallest absolute Gasteiger partial charge is 0.338 e. The highest BCUT2D eigenvalue weighted by Gasteiger charge is 2.23. The second kappa shape index (κ2) is 9.74. The lowest BCUT2D eigenvalue weighted by atomic mass is 9.96. The van der Waals surface area contributed by atoms with E-state index >= 15 is 0 Å². The molecule has 0 fully saturated rings. The van der Waals surface area contributed by atoms with Crippen molar-refractivity contribution in [3.8, 4) is 28.4 Å². The predicted molar refractivity (Wildman–Crippen MR) is 129 cm³/mol. The van der Waals surface area contributed by atoms with E-state index in [1.807, 2.05) is 24.3 Å². The van der Waals surface area contributed by atoms with E-state index in [9.17, 15) is 9.59 Å². The normalized spacial score (nSPS) is 11.8. The fourth-order valence-corrected chi connectivity index (χ4v) is 3.47. The highest BCUT2D eigenvalue weighted by atomic mass is 16.6. The average Bonchev–Trinajstić information content (AvgIpc) is 3.25. The zero-order valence-corrected chi connectivity index (χ0v) is 19.4. The minimum atomic E-state index is -0.543. The molecule has 0 heterocycles. The van der Waals surface area contributed by atoms with E-state index in [1.165, 1.54) is 0 Å². The Morgan fingerprint density at radius 2 is 1.27 bits per heavy atom. The van der Waals surface area contributed by atoms with Crippen LogP contribution in [0.2, 0.25) is 0 Å². The summed E-state index contributed by atoms with van der Waals surface area (Å²) >= 11 is 0. The molecule has 0 unspecified atom stereocenters. The molecule has 2 aromatic carbocycles. The Bertz CT molecular complexity index is 1200. The standard InChI is InChI=1S/C28H28O5/c1-16(2)19(7)31-26-15-20(11-13-25(26)33-28(30)18(5)6)21-12-14-24(32-27(29)17(3)4)23-10-8-9-22(21)23/h11-15H,1,3,5,7-10H2,2,4,6H3. The number of allylic oxidation sites excluding steroid dienone is 1. The quantitative estimate of drug-likeness (QED) is 0.158. The molecule has 0 N–H and O–H groups in total. The lowest BCUT2D eigenvalue weighted by molar-refractivity contribution is -0.131. The number of hydrogen-bond donors (Lipinski definition) is 0. The Labute approximate surface area is 194 Å². The van der Waals surface area contributed by atoms with Crippen LogP contribution in [-0.4, -0.2) is 11.9 Å². The maximum absolute atomic E-state index is 12.1. The van der Waals surface area contributed by atoms with Crippen molar-refractivity contribution in [1.82, 2.24) is 0 Å². The average molecular weight is 445 g/mol. The summed E-state index contributed by atoms with van der Waals surface area (Å²) in [6, 6.07) is 9.10. The maximum Gasteiger partial charge on any atom is 0.338 e. The zero-order valence-electron chi connectivity index (χ0n) is 19.4. The van der Waals surface area contributed by atoms with Gasteiger partial charge in [0.15, 0.2) is 11.5 Å². The third kappa shape index (κ3) is 5.32. The van der Waals surface area contributed by atoms with Crippen molar-refractivity contribution in [1.29, 1.82) is 0 Å². The van der Waals surface area contributed by atoms with Crippen LogP contribution in [-0.2, 0) is 22.4 Å². The number of fused-ring (bicyclic) bond motifs is 1. The number of rotatable bonds is 8. The number of ether oxygens (including phenoxy) is 3. The van der Waals surface area contributed by atoms with Crippen LogP contribution in [0.25, 0.3) is 11.1 Å². The molecule has 1 aliphatic carbocycles. The van der Waals surface area contributed by atoms with E-state index in [4.69, 9.17) is 14.2 Å². The van der Waals surface area contributed by atoms with Crippen LogP contribution < -0.4 is 14.2 Å². The number of hydrogen-bond acceptors (Lipinski definition) is 5. The topological polar surface area (TPSA) is 61.8 Å². The summed E-state index contributed by atoms with van der Waals surface area (Å²) in [7, 11) is 0. The molecule has 0 saturated heterocycles. The summed E-state index contributed by atoms with van der Waals surface area (Å²) < 4.78 is 16.9. The molecule has 0 saturated carbocycles. The molecule has 5 heteroatoms. The third-order valence-electron chi connectivity index (χ3n) is 5.31. The van der Waals surface area contributed by atoms with Gasteiger partial charge in [0.2, 0.25) is 0 Å². The summed E-state index contributed by atoms with van der Waals surface area (Å²) in [5, 5.41) is 0. The molecule has 0 atom stereocenters. The summed E-state index contributed by atoms with van der Waals surface area (Å²) in [6.07, 6.45) is 2.66. The van der Waals surface area contributed by atoms with E-state index in [2.05, 4.69) is 26.3 Å². The minimum absolute atomic E-state index is 0.262. The summed E-state index contributed by atoms with van der Waals surface area (Å²) in [5.41, 5.74) is 5.31. The second-order valence-corrected chi connectivity index (χ2v) is 8.23. The molecule has 0 spiro atoms. The Morgan fingerprint density at radius 3 is 1.88 bits per heavy atom. The molecule has 0 aromatic heterocycles. The molecule has 0 radical (unpaired) electrons.